The zero-order valence-corrected chi connectivity index (χ0v) is 11.0. The van der Waals surface area contributed by atoms with E-state index in [0.717, 1.165) is 23.4 Å². The molecule has 0 aliphatic carbocycles. The second kappa shape index (κ2) is 5.00. The Kier molecular flexibility index (Phi) is 3.59. The van der Waals surface area contributed by atoms with Gasteiger partial charge in [-0.3, -0.25) is 4.68 Å². The minimum atomic E-state index is 0. The number of rotatable bonds is 1. The van der Waals surface area contributed by atoms with Crippen LogP contribution >= 0.6 is 12.4 Å². The molecule has 1 unspecified atom stereocenters. The molecule has 0 radical (unpaired) electrons. The predicted molar refractivity (Wildman–Crippen MR) is 73.1 cm³/mol. The third kappa shape index (κ3) is 2.35. The molecule has 1 aromatic carbocycles. The summed E-state index contributed by atoms with van der Waals surface area (Å²) in [5.74, 6) is 0.950. The number of ether oxygens (including phenoxy) is 1. The first-order valence-electron chi connectivity index (χ1n) is 5.74. The molecular formula is C13H16ClN3O. The largest absolute Gasteiger partial charge is 0.492 e. The van der Waals surface area contributed by atoms with Crippen molar-refractivity contribution >= 4 is 12.4 Å². The average Bonchev–Trinajstić information content (AvgIpc) is 2.75. The molecule has 1 aliphatic rings. The van der Waals surface area contributed by atoms with Crippen molar-refractivity contribution in [3.63, 3.8) is 0 Å². The molecule has 5 heteroatoms. The molecule has 2 N–H and O–H groups in total. The van der Waals surface area contributed by atoms with Gasteiger partial charge in [-0.25, -0.2) is 0 Å². The number of halogens is 1. The third-order valence-corrected chi connectivity index (χ3v) is 3.00. The fourth-order valence-electron chi connectivity index (χ4n) is 2.15. The Morgan fingerprint density at radius 3 is 2.94 bits per heavy atom. The van der Waals surface area contributed by atoms with Gasteiger partial charge in [0.25, 0.3) is 0 Å². The first-order chi connectivity index (χ1) is 8.22. The molecule has 0 fully saturated rings. The van der Waals surface area contributed by atoms with E-state index >= 15 is 0 Å². The predicted octanol–water partition coefficient (Wildman–Crippen LogP) is 1.77. The van der Waals surface area contributed by atoms with Crippen molar-refractivity contribution in [2.24, 2.45) is 12.8 Å². The second-order valence-corrected chi connectivity index (χ2v) is 4.47. The van der Waals surface area contributed by atoms with Gasteiger partial charge in [0.1, 0.15) is 12.4 Å². The van der Waals surface area contributed by atoms with E-state index in [-0.39, 0.29) is 18.4 Å². The summed E-state index contributed by atoms with van der Waals surface area (Å²) >= 11 is 0. The zero-order valence-electron chi connectivity index (χ0n) is 10.2. The third-order valence-electron chi connectivity index (χ3n) is 3.00. The van der Waals surface area contributed by atoms with Gasteiger partial charge in [0, 0.05) is 24.8 Å². The molecule has 1 aromatic heterocycles. The molecule has 0 spiro atoms. The van der Waals surface area contributed by atoms with Crippen LogP contribution in [0.1, 0.15) is 5.56 Å². The van der Waals surface area contributed by atoms with Crippen LogP contribution in [-0.4, -0.2) is 22.4 Å². The minimum absolute atomic E-state index is 0. The highest BCUT2D eigenvalue weighted by Gasteiger charge is 2.17. The summed E-state index contributed by atoms with van der Waals surface area (Å²) in [5, 5.41) is 4.39. The summed E-state index contributed by atoms with van der Waals surface area (Å²) in [6.07, 6.45) is 2.81. The van der Waals surface area contributed by atoms with Crippen molar-refractivity contribution in [3.05, 3.63) is 36.0 Å². The van der Waals surface area contributed by atoms with Crippen LogP contribution in [0.4, 0.5) is 0 Å². The first-order valence-corrected chi connectivity index (χ1v) is 5.74. The topological polar surface area (TPSA) is 53.1 Å². The Balaban J connectivity index is 0.00000120. The van der Waals surface area contributed by atoms with Gasteiger partial charge < -0.3 is 10.5 Å². The lowest BCUT2D eigenvalue weighted by atomic mass is 10.00. The van der Waals surface area contributed by atoms with Crippen molar-refractivity contribution in [1.29, 1.82) is 0 Å². The Bertz CT molecular complexity index is 553. The Morgan fingerprint density at radius 2 is 2.22 bits per heavy atom. The van der Waals surface area contributed by atoms with Crippen LogP contribution in [0.5, 0.6) is 5.75 Å². The summed E-state index contributed by atoms with van der Waals surface area (Å²) in [6.45, 7) is 0.607. The molecule has 4 nitrogen and oxygen atoms in total. The van der Waals surface area contributed by atoms with E-state index in [1.807, 2.05) is 31.4 Å². The highest BCUT2D eigenvalue weighted by atomic mass is 35.5. The van der Waals surface area contributed by atoms with Crippen LogP contribution in [0.3, 0.4) is 0 Å². The van der Waals surface area contributed by atoms with Crippen LogP contribution in [0.15, 0.2) is 30.5 Å². The smallest absolute Gasteiger partial charge is 0.122 e. The number of nitrogens with zero attached hydrogens (tertiary/aromatic N) is 2. The van der Waals surface area contributed by atoms with Crippen molar-refractivity contribution in [1.82, 2.24) is 9.78 Å². The second-order valence-electron chi connectivity index (χ2n) is 4.47. The van der Waals surface area contributed by atoms with Crippen molar-refractivity contribution in [2.45, 2.75) is 12.5 Å². The maximum Gasteiger partial charge on any atom is 0.122 e. The van der Waals surface area contributed by atoms with E-state index in [0.29, 0.717) is 6.61 Å². The molecule has 2 heterocycles. The quantitative estimate of drug-likeness (QED) is 0.855. The minimum Gasteiger partial charge on any atom is -0.492 e. The molecule has 96 valence electrons. The SMILES string of the molecule is Cl.Cn1ccc(-c2ccc3c(c2)CC(N)CO3)n1. The van der Waals surface area contributed by atoms with E-state index in [4.69, 9.17) is 10.5 Å². The van der Waals surface area contributed by atoms with Crippen LogP contribution in [0, 0.1) is 0 Å². The van der Waals surface area contributed by atoms with Gasteiger partial charge in [-0.1, -0.05) is 0 Å². The molecule has 1 atom stereocenters. The summed E-state index contributed by atoms with van der Waals surface area (Å²) < 4.78 is 7.38. The molecule has 3 rings (SSSR count). The summed E-state index contributed by atoms with van der Waals surface area (Å²) in [6, 6.07) is 8.27. The molecule has 0 saturated carbocycles. The van der Waals surface area contributed by atoms with Crippen molar-refractivity contribution in [3.8, 4) is 17.0 Å². The van der Waals surface area contributed by atoms with Crippen molar-refractivity contribution < 1.29 is 4.74 Å². The lowest BCUT2D eigenvalue weighted by Crippen LogP contribution is -2.33. The van der Waals surface area contributed by atoms with E-state index in [2.05, 4.69) is 11.2 Å². The van der Waals surface area contributed by atoms with E-state index in [1.54, 1.807) is 4.68 Å². The standard InChI is InChI=1S/C13H15N3O.ClH/c1-16-5-4-12(15-16)9-2-3-13-10(6-9)7-11(14)8-17-13;/h2-6,11H,7-8,14H2,1H3;1H. The van der Waals surface area contributed by atoms with Gasteiger partial charge in [-0.2, -0.15) is 5.10 Å². The van der Waals surface area contributed by atoms with E-state index in [9.17, 15) is 0 Å². The molecule has 0 bridgehead atoms. The molecule has 18 heavy (non-hydrogen) atoms. The normalized spacial score (nSPS) is 17.6. The summed E-state index contributed by atoms with van der Waals surface area (Å²) in [4.78, 5) is 0. The van der Waals surface area contributed by atoms with Gasteiger partial charge in [0.2, 0.25) is 0 Å². The number of aromatic nitrogens is 2. The molecule has 2 aromatic rings. The maximum atomic E-state index is 5.90. The Hall–Kier alpha value is -1.52. The van der Waals surface area contributed by atoms with E-state index in [1.165, 1.54) is 5.56 Å². The van der Waals surface area contributed by atoms with Gasteiger partial charge in [-0.05, 0) is 36.2 Å². The monoisotopic (exact) mass is 265 g/mol. The lowest BCUT2D eigenvalue weighted by molar-refractivity contribution is 0.263. The molecular weight excluding hydrogens is 250 g/mol. The number of aryl methyl sites for hydroxylation is 1. The van der Waals surface area contributed by atoms with Gasteiger partial charge in [0.15, 0.2) is 0 Å². The number of fused-ring (bicyclic) bond motifs is 1. The Labute approximate surface area is 112 Å². The average molecular weight is 266 g/mol. The number of hydrogen-bond acceptors (Lipinski definition) is 3. The molecule has 1 aliphatic heterocycles. The van der Waals surface area contributed by atoms with Gasteiger partial charge in [0.05, 0.1) is 5.69 Å². The van der Waals surface area contributed by atoms with Crippen LogP contribution in [0.25, 0.3) is 11.3 Å². The lowest BCUT2D eigenvalue weighted by Gasteiger charge is -2.22. The van der Waals surface area contributed by atoms with Crippen LogP contribution < -0.4 is 10.5 Å². The summed E-state index contributed by atoms with van der Waals surface area (Å²) in [5.41, 5.74) is 9.16. The number of hydrogen-bond donors (Lipinski definition) is 1. The molecule has 0 saturated heterocycles. The summed E-state index contributed by atoms with van der Waals surface area (Å²) in [7, 11) is 1.92. The zero-order chi connectivity index (χ0) is 11.8. The van der Waals surface area contributed by atoms with E-state index < -0.39 is 0 Å². The van der Waals surface area contributed by atoms with Crippen LogP contribution in [-0.2, 0) is 13.5 Å². The highest BCUT2D eigenvalue weighted by molar-refractivity contribution is 5.85. The first kappa shape index (κ1) is 12.9. The van der Waals surface area contributed by atoms with Gasteiger partial charge in [-0.15, -0.1) is 12.4 Å². The fourth-order valence-corrected chi connectivity index (χ4v) is 2.15. The molecule has 0 amide bonds. The van der Waals surface area contributed by atoms with Gasteiger partial charge >= 0.3 is 0 Å². The number of nitrogens with two attached hydrogens (primary N) is 1. The fraction of sp³-hybridized carbons (Fsp3) is 0.308. The Morgan fingerprint density at radius 1 is 1.39 bits per heavy atom. The van der Waals surface area contributed by atoms with Crippen LogP contribution in [0.2, 0.25) is 0 Å². The number of benzene rings is 1. The van der Waals surface area contributed by atoms with Crippen molar-refractivity contribution in [2.75, 3.05) is 6.61 Å². The maximum absolute atomic E-state index is 5.90. The highest BCUT2D eigenvalue weighted by Crippen LogP contribution is 2.29.